The molecule has 1 aromatic heterocycles. The van der Waals surface area contributed by atoms with Crippen molar-refractivity contribution in [3.63, 3.8) is 0 Å². The lowest BCUT2D eigenvalue weighted by Crippen LogP contribution is -1.99. The van der Waals surface area contributed by atoms with E-state index in [9.17, 15) is 4.79 Å². The van der Waals surface area contributed by atoms with E-state index in [-0.39, 0.29) is 5.78 Å². The molecule has 0 saturated carbocycles. The second-order valence-electron chi connectivity index (χ2n) is 4.03. The summed E-state index contributed by atoms with van der Waals surface area (Å²) in [6, 6.07) is 15.9. The van der Waals surface area contributed by atoms with Crippen LogP contribution in [-0.4, -0.2) is 5.78 Å². The van der Waals surface area contributed by atoms with Crippen LogP contribution in [-0.2, 0) is 0 Å². The van der Waals surface area contributed by atoms with Gasteiger partial charge in [0.2, 0.25) is 0 Å². The first kappa shape index (κ1) is 11.9. The maximum atomic E-state index is 12.3. The van der Waals surface area contributed by atoms with Crippen molar-refractivity contribution in [1.82, 2.24) is 0 Å². The summed E-state index contributed by atoms with van der Waals surface area (Å²) < 4.78 is 1.14. The van der Waals surface area contributed by atoms with Gasteiger partial charge in [-0.3, -0.25) is 4.79 Å². The van der Waals surface area contributed by atoms with Crippen LogP contribution in [0.25, 0.3) is 10.8 Å². The molecule has 3 rings (SSSR count). The number of ketones is 1. The van der Waals surface area contributed by atoms with Crippen molar-refractivity contribution in [1.29, 1.82) is 0 Å². The average molecular weight is 364 g/mol. The number of fused-ring (bicyclic) bond motifs is 1. The summed E-state index contributed by atoms with van der Waals surface area (Å²) in [4.78, 5) is 12.3. The molecule has 3 heteroatoms. The monoisotopic (exact) mass is 364 g/mol. The van der Waals surface area contributed by atoms with Crippen LogP contribution in [0.15, 0.2) is 53.9 Å². The number of carbonyl (C=O) groups is 1. The third-order valence-corrected chi connectivity index (χ3v) is 4.63. The zero-order valence-corrected chi connectivity index (χ0v) is 12.4. The Balaban J connectivity index is 2.06. The van der Waals surface area contributed by atoms with Gasteiger partial charge in [0.05, 0.1) is 2.88 Å². The lowest BCUT2D eigenvalue weighted by Gasteiger charge is -2.01. The molecule has 88 valence electrons. The molecule has 0 aliphatic carbocycles. The van der Waals surface area contributed by atoms with Gasteiger partial charge in [-0.2, -0.15) is 0 Å². The molecule has 0 amide bonds. The lowest BCUT2D eigenvalue weighted by atomic mass is 10.0. The quantitative estimate of drug-likeness (QED) is 0.474. The van der Waals surface area contributed by atoms with Gasteiger partial charge in [-0.25, -0.2) is 0 Å². The van der Waals surface area contributed by atoms with Crippen molar-refractivity contribution in [2.24, 2.45) is 0 Å². The fourth-order valence-electron chi connectivity index (χ4n) is 1.93. The Labute approximate surface area is 123 Å². The van der Waals surface area contributed by atoms with E-state index in [1.165, 1.54) is 0 Å². The molecule has 0 radical (unpaired) electrons. The predicted molar refractivity (Wildman–Crippen MR) is 84.4 cm³/mol. The van der Waals surface area contributed by atoms with Gasteiger partial charge in [-0.15, -0.1) is 11.3 Å². The summed E-state index contributed by atoms with van der Waals surface area (Å²) in [5, 5.41) is 4.18. The molecule has 0 aliphatic heterocycles. The van der Waals surface area contributed by atoms with Gasteiger partial charge in [-0.1, -0.05) is 36.4 Å². The second kappa shape index (κ2) is 4.82. The van der Waals surface area contributed by atoms with Crippen LogP contribution in [0, 0.1) is 2.88 Å². The van der Waals surface area contributed by atoms with Crippen molar-refractivity contribution < 1.29 is 4.79 Å². The molecule has 0 bridgehead atoms. The van der Waals surface area contributed by atoms with Crippen LogP contribution in [0.4, 0.5) is 0 Å². The third-order valence-electron chi connectivity index (χ3n) is 2.84. The number of hydrogen-bond acceptors (Lipinski definition) is 2. The number of hydrogen-bond donors (Lipinski definition) is 0. The van der Waals surface area contributed by atoms with Crippen molar-refractivity contribution in [3.05, 3.63) is 67.9 Å². The van der Waals surface area contributed by atoms with Crippen molar-refractivity contribution in [2.45, 2.75) is 0 Å². The van der Waals surface area contributed by atoms with E-state index in [0.717, 1.165) is 24.8 Å². The summed E-state index contributed by atoms with van der Waals surface area (Å²) >= 11 is 3.83. The Morgan fingerprint density at radius 2 is 1.72 bits per heavy atom. The maximum Gasteiger partial charge on any atom is 0.193 e. The molecule has 0 fully saturated rings. The molecule has 0 N–H and O–H groups in total. The fraction of sp³-hybridized carbons (Fsp3) is 0. The van der Waals surface area contributed by atoms with Crippen LogP contribution in [0.3, 0.4) is 0 Å². The summed E-state index contributed by atoms with van der Waals surface area (Å²) in [5.41, 5.74) is 1.53. The first-order chi connectivity index (χ1) is 8.74. The third kappa shape index (κ3) is 2.20. The number of carbonyl (C=O) groups excluding carboxylic acids is 1. The first-order valence-corrected chi connectivity index (χ1v) is 7.47. The number of halogens is 1. The Kier molecular flexibility index (Phi) is 3.18. The van der Waals surface area contributed by atoms with Gasteiger partial charge in [0.1, 0.15) is 0 Å². The summed E-state index contributed by atoms with van der Waals surface area (Å²) in [6.07, 6.45) is 0. The highest BCUT2D eigenvalue weighted by atomic mass is 127. The van der Waals surface area contributed by atoms with Crippen LogP contribution in [0.5, 0.6) is 0 Å². The van der Waals surface area contributed by atoms with Gasteiger partial charge in [0, 0.05) is 16.5 Å². The number of thiophene rings is 1. The molecule has 0 aliphatic rings. The lowest BCUT2D eigenvalue weighted by molar-refractivity contribution is 0.103. The molecule has 3 aromatic rings. The zero-order chi connectivity index (χ0) is 12.5. The molecule has 2 aromatic carbocycles. The average Bonchev–Trinajstić information content (AvgIpc) is 2.84. The van der Waals surface area contributed by atoms with Crippen molar-refractivity contribution in [3.8, 4) is 0 Å². The minimum atomic E-state index is 0.0971. The molecule has 0 saturated heterocycles. The van der Waals surface area contributed by atoms with E-state index in [1.807, 2.05) is 47.8 Å². The van der Waals surface area contributed by atoms with Crippen LogP contribution >= 0.6 is 33.9 Å². The topological polar surface area (TPSA) is 17.1 Å². The predicted octanol–water partition coefficient (Wildman–Crippen LogP) is 4.74. The molecular weight excluding hydrogens is 355 g/mol. The van der Waals surface area contributed by atoms with E-state index in [0.29, 0.717) is 0 Å². The Morgan fingerprint density at radius 1 is 0.944 bits per heavy atom. The maximum absolute atomic E-state index is 12.3. The van der Waals surface area contributed by atoms with Crippen LogP contribution < -0.4 is 0 Å². The Hall–Kier alpha value is -1.20. The summed E-state index contributed by atoms with van der Waals surface area (Å²) in [6.45, 7) is 0. The zero-order valence-electron chi connectivity index (χ0n) is 9.39. The minimum Gasteiger partial charge on any atom is -0.289 e. The van der Waals surface area contributed by atoms with Gasteiger partial charge < -0.3 is 0 Å². The SMILES string of the molecule is O=C(c1csc(I)c1)c1ccc2ccccc2c1. The smallest absolute Gasteiger partial charge is 0.193 e. The molecule has 18 heavy (non-hydrogen) atoms. The highest BCUT2D eigenvalue weighted by molar-refractivity contribution is 14.1. The van der Waals surface area contributed by atoms with Crippen molar-refractivity contribution >= 4 is 50.5 Å². The minimum absolute atomic E-state index is 0.0971. The van der Waals surface area contributed by atoms with Gasteiger partial charge in [0.15, 0.2) is 5.78 Å². The van der Waals surface area contributed by atoms with E-state index < -0.39 is 0 Å². The molecule has 0 atom stereocenters. The number of benzene rings is 2. The highest BCUT2D eigenvalue weighted by Crippen LogP contribution is 2.22. The molecule has 0 spiro atoms. The van der Waals surface area contributed by atoms with Gasteiger partial charge in [0.25, 0.3) is 0 Å². The van der Waals surface area contributed by atoms with E-state index in [2.05, 4.69) is 28.7 Å². The highest BCUT2D eigenvalue weighted by Gasteiger charge is 2.11. The molecule has 0 unspecified atom stereocenters. The summed E-state index contributed by atoms with van der Waals surface area (Å²) in [5.74, 6) is 0.0971. The van der Waals surface area contributed by atoms with E-state index in [4.69, 9.17) is 0 Å². The Morgan fingerprint density at radius 3 is 2.44 bits per heavy atom. The number of rotatable bonds is 2. The largest absolute Gasteiger partial charge is 0.289 e. The summed E-state index contributed by atoms with van der Waals surface area (Å²) in [7, 11) is 0. The van der Waals surface area contributed by atoms with E-state index >= 15 is 0 Å². The van der Waals surface area contributed by atoms with Crippen LogP contribution in [0.1, 0.15) is 15.9 Å². The van der Waals surface area contributed by atoms with Crippen LogP contribution in [0.2, 0.25) is 0 Å². The van der Waals surface area contributed by atoms with Crippen molar-refractivity contribution in [2.75, 3.05) is 0 Å². The molecule has 1 heterocycles. The standard InChI is InChI=1S/C15H9IOS/c16-14-8-13(9-18-14)15(17)12-6-5-10-3-1-2-4-11(10)7-12/h1-9H. The Bertz CT molecular complexity index is 730. The molecular formula is C15H9IOS. The first-order valence-electron chi connectivity index (χ1n) is 5.51. The van der Waals surface area contributed by atoms with Gasteiger partial charge >= 0.3 is 0 Å². The van der Waals surface area contributed by atoms with Gasteiger partial charge in [-0.05, 0) is 45.5 Å². The second-order valence-corrected chi connectivity index (χ2v) is 6.84. The molecule has 1 nitrogen and oxygen atoms in total. The van der Waals surface area contributed by atoms with E-state index in [1.54, 1.807) is 11.3 Å². The normalized spacial score (nSPS) is 10.7. The fourth-order valence-corrected chi connectivity index (χ4v) is 3.25.